The van der Waals surface area contributed by atoms with Crippen LogP contribution in [0.15, 0.2) is 60.3 Å². The summed E-state index contributed by atoms with van der Waals surface area (Å²) >= 11 is 0. The Bertz CT molecular complexity index is 1040. The maximum absolute atomic E-state index is 13.1. The van der Waals surface area contributed by atoms with Gasteiger partial charge in [-0.2, -0.15) is 10.4 Å². The summed E-state index contributed by atoms with van der Waals surface area (Å²) in [5.41, 5.74) is 3.92. The Morgan fingerprint density at radius 3 is 2.54 bits per heavy atom. The van der Waals surface area contributed by atoms with E-state index in [-0.39, 0.29) is 17.4 Å². The number of nitrogens with one attached hydrogen (secondary N) is 2. The Morgan fingerprint density at radius 2 is 1.89 bits per heavy atom. The van der Waals surface area contributed by atoms with Gasteiger partial charge in [0.1, 0.15) is 17.5 Å². The highest BCUT2D eigenvalue weighted by Gasteiger charge is 2.15. The Labute approximate surface area is 162 Å². The highest BCUT2D eigenvalue weighted by molar-refractivity contribution is 6.02. The summed E-state index contributed by atoms with van der Waals surface area (Å²) in [6, 6.07) is 15.4. The van der Waals surface area contributed by atoms with Gasteiger partial charge in [0, 0.05) is 11.1 Å². The highest BCUT2D eigenvalue weighted by Crippen LogP contribution is 2.23. The van der Waals surface area contributed by atoms with Crippen LogP contribution in [0, 0.1) is 24.1 Å². The number of amides is 1. The Balaban J connectivity index is 1.81. The summed E-state index contributed by atoms with van der Waals surface area (Å²) < 4.78 is 13.1. The number of hydrogen-bond donors (Lipinski definition) is 2. The predicted octanol–water partition coefficient (Wildman–Crippen LogP) is 4.31. The van der Waals surface area contributed by atoms with Crippen molar-refractivity contribution < 1.29 is 9.18 Å². The van der Waals surface area contributed by atoms with Crippen LogP contribution in [0.2, 0.25) is 0 Å². The number of nitrogens with zero attached hydrogens (tertiary/aromatic N) is 2. The first-order chi connectivity index (χ1) is 13.5. The van der Waals surface area contributed by atoms with Crippen molar-refractivity contribution in [2.45, 2.75) is 19.9 Å². The molecule has 0 bridgehead atoms. The van der Waals surface area contributed by atoms with Gasteiger partial charge in [-0.15, -0.1) is 0 Å². The summed E-state index contributed by atoms with van der Waals surface area (Å²) in [6.07, 6.45) is 2.99. The van der Waals surface area contributed by atoms with E-state index in [0.29, 0.717) is 16.8 Å². The first kappa shape index (κ1) is 19.1. The Kier molecular flexibility index (Phi) is 5.66. The van der Waals surface area contributed by atoms with Gasteiger partial charge in [0.05, 0.1) is 17.9 Å². The number of aryl methyl sites for hydroxylation is 1. The van der Waals surface area contributed by atoms with Gasteiger partial charge in [0.25, 0.3) is 5.91 Å². The molecule has 2 aromatic carbocycles. The molecule has 3 aromatic rings. The van der Waals surface area contributed by atoms with E-state index in [2.05, 4.69) is 15.5 Å². The van der Waals surface area contributed by atoms with Crippen molar-refractivity contribution in [2.75, 3.05) is 0 Å². The third-order valence-corrected chi connectivity index (χ3v) is 4.39. The molecule has 0 aliphatic rings. The molecule has 0 saturated heterocycles. The van der Waals surface area contributed by atoms with Crippen LogP contribution >= 0.6 is 0 Å². The van der Waals surface area contributed by atoms with Gasteiger partial charge >= 0.3 is 0 Å². The molecule has 6 heteroatoms. The topological polar surface area (TPSA) is 81.6 Å². The van der Waals surface area contributed by atoms with Crippen molar-refractivity contribution in [3.05, 3.63) is 82.8 Å². The highest BCUT2D eigenvalue weighted by atomic mass is 19.1. The van der Waals surface area contributed by atoms with E-state index in [9.17, 15) is 14.4 Å². The monoisotopic (exact) mass is 374 g/mol. The molecule has 3 rings (SSSR count). The fourth-order valence-electron chi connectivity index (χ4n) is 2.77. The van der Waals surface area contributed by atoms with Crippen LogP contribution in [0.3, 0.4) is 0 Å². The van der Waals surface area contributed by atoms with Crippen LogP contribution in [0.1, 0.15) is 29.7 Å². The smallest absolute Gasteiger partial charge is 0.262 e. The number of rotatable bonds is 5. The minimum absolute atomic E-state index is 0.0382. The van der Waals surface area contributed by atoms with Crippen LogP contribution < -0.4 is 5.32 Å². The molecule has 0 fully saturated rings. The van der Waals surface area contributed by atoms with E-state index < -0.39 is 5.91 Å². The second kappa shape index (κ2) is 8.31. The molecule has 1 amide bonds. The number of aromatic nitrogens is 2. The quantitative estimate of drug-likeness (QED) is 0.516. The zero-order valence-corrected chi connectivity index (χ0v) is 15.5. The predicted molar refractivity (Wildman–Crippen MR) is 105 cm³/mol. The van der Waals surface area contributed by atoms with E-state index in [1.54, 1.807) is 12.1 Å². The first-order valence-electron chi connectivity index (χ1n) is 8.76. The maximum Gasteiger partial charge on any atom is 0.262 e. The fraction of sp³-hybridized carbons (Fsp3) is 0.136. The molecule has 1 unspecified atom stereocenters. The van der Waals surface area contributed by atoms with Crippen molar-refractivity contribution >= 4 is 12.0 Å². The normalized spacial score (nSPS) is 12.3. The largest absolute Gasteiger partial charge is 0.345 e. The zero-order chi connectivity index (χ0) is 20.1. The van der Waals surface area contributed by atoms with Crippen LogP contribution in [0.5, 0.6) is 0 Å². The zero-order valence-electron chi connectivity index (χ0n) is 15.5. The van der Waals surface area contributed by atoms with Gasteiger partial charge in [-0.25, -0.2) is 4.39 Å². The van der Waals surface area contributed by atoms with Crippen molar-refractivity contribution in [2.24, 2.45) is 0 Å². The van der Waals surface area contributed by atoms with E-state index >= 15 is 0 Å². The summed E-state index contributed by atoms with van der Waals surface area (Å²) in [7, 11) is 0. The molecule has 0 aliphatic heterocycles. The van der Waals surface area contributed by atoms with Crippen LogP contribution in [-0.4, -0.2) is 16.1 Å². The lowest BCUT2D eigenvalue weighted by Crippen LogP contribution is -2.27. The molecule has 0 spiro atoms. The molecule has 1 heterocycles. The lowest BCUT2D eigenvalue weighted by atomic mass is 10.0. The van der Waals surface area contributed by atoms with Gasteiger partial charge in [0.2, 0.25) is 0 Å². The van der Waals surface area contributed by atoms with Crippen LogP contribution in [0.4, 0.5) is 4.39 Å². The van der Waals surface area contributed by atoms with Gasteiger partial charge < -0.3 is 5.32 Å². The number of halogens is 1. The van der Waals surface area contributed by atoms with Gasteiger partial charge in [-0.05, 0) is 49.8 Å². The van der Waals surface area contributed by atoms with Gasteiger partial charge in [-0.1, -0.05) is 29.8 Å². The summed E-state index contributed by atoms with van der Waals surface area (Å²) in [4.78, 5) is 12.6. The van der Waals surface area contributed by atoms with E-state index in [1.807, 2.05) is 44.2 Å². The number of hydrogen-bond acceptors (Lipinski definition) is 3. The number of aromatic amines is 1. The molecule has 0 saturated carbocycles. The molecule has 1 aromatic heterocycles. The molecule has 0 radical (unpaired) electrons. The van der Waals surface area contributed by atoms with Gasteiger partial charge in [-0.3, -0.25) is 9.89 Å². The van der Waals surface area contributed by atoms with E-state index in [1.165, 1.54) is 24.4 Å². The Hall–Kier alpha value is -3.72. The molecular weight excluding hydrogens is 355 g/mol. The second-order valence-corrected chi connectivity index (χ2v) is 6.48. The number of H-pyrrole nitrogens is 1. The second-order valence-electron chi connectivity index (χ2n) is 6.48. The minimum atomic E-state index is -0.471. The minimum Gasteiger partial charge on any atom is -0.345 e. The van der Waals surface area contributed by atoms with Crippen molar-refractivity contribution in [1.82, 2.24) is 15.5 Å². The number of carbonyl (C=O) groups is 1. The summed E-state index contributed by atoms with van der Waals surface area (Å²) in [6.45, 7) is 3.85. The van der Waals surface area contributed by atoms with Crippen molar-refractivity contribution in [3.8, 4) is 17.3 Å². The molecule has 5 nitrogen and oxygen atoms in total. The molecular formula is C22H19FN4O. The average molecular weight is 374 g/mol. The standard InChI is InChI=1S/C22H19FN4O/c1-14-3-5-16(6-4-14)15(2)26-22(28)18(12-24)11-19-13-25-27-21(19)17-7-9-20(23)10-8-17/h3-11,13,15H,1-2H3,(H,25,27)(H,26,28). The number of nitriles is 1. The number of carbonyl (C=O) groups excluding carboxylic acids is 1. The summed E-state index contributed by atoms with van der Waals surface area (Å²) in [5.74, 6) is -0.815. The SMILES string of the molecule is Cc1ccc(C(C)NC(=O)C(C#N)=Cc2cn[nH]c2-c2ccc(F)cc2)cc1. The third kappa shape index (κ3) is 4.33. The molecule has 140 valence electrons. The van der Waals surface area contributed by atoms with Crippen molar-refractivity contribution in [1.29, 1.82) is 5.26 Å². The lowest BCUT2D eigenvalue weighted by Gasteiger charge is -2.14. The molecule has 28 heavy (non-hydrogen) atoms. The molecule has 0 aliphatic carbocycles. The first-order valence-corrected chi connectivity index (χ1v) is 8.76. The van der Waals surface area contributed by atoms with Crippen LogP contribution in [0.25, 0.3) is 17.3 Å². The van der Waals surface area contributed by atoms with E-state index in [4.69, 9.17) is 0 Å². The van der Waals surface area contributed by atoms with E-state index in [0.717, 1.165) is 11.1 Å². The van der Waals surface area contributed by atoms with Crippen molar-refractivity contribution in [3.63, 3.8) is 0 Å². The maximum atomic E-state index is 13.1. The Morgan fingerprint density at radius 1 is 1.21 bits per heavy atom. The molecule has 1 atom stereocenters. The fourth-order valence-corrected chi connectivity index (χ4v) is 2.77. The van der Waals surface area contributed by atoms with Gasteiger partial charge in [0.15, 0.2) is 0 Å². The van der Waals surface area contributed by atoms with Crippen LogP contribution in [-0.2, 0) is 4.79 Å². The number of benzene rings is 2. The molecule has 2 N–H and O–H groups in total. The third-order valence-electron chi connectivity index (χ3n) is 4.39. The average Bonchev–Trinajstić information content (AvgIpc) is 3.15. The summed E-state index contributed by atoms with van der Waals surface area (Å²) in [5, 5.41) is 19.1. The lowest BCUT2D eigenvalue weighted by molar-refractivity contribution is -0.117.